The van der Waals surface area contributed by atoms with E-state index in [2.05, 4.69) is 26.6 Å². The lowest BCUT2D eigenvalue weighted by atomic mass is 10.2. The molecule has 0 aliphatic heterocycles. The number of hydrogen-bond donors (Lipinski definition) is 5. The van der Waals surface area contributed by atoms with Crippen molar-refractivity contribution in [2.75, 3.05) is 40.8 Å². The van der Waals surface area contributed by atoms with Gasteiger partial charge in [-0.15, -0.1) is 0 Å². The van der Waals surface area contributed by atoms with Gasteiger partial charge in [-0.3, -0.25) is 4.79 Å². The minimum Gasteiger partial charge on any atom is -0.497 e. The van der Waals surface area contributed by atoms with Crippen LogP contribution in [0.15, 0.2) is 97.1 Å². The Morgan fingerprint density at radius 1 is 0.538 bits per heavy atom. The molecule has 198 valence electrons. The van der Waals surface area contributed by atoms with E-state index in [1.54, 1.807) is 50.6 Å². The van der Waals surface area contributed by atoms with Gasteiger partial charge in [-0.1, -0.05) is 12.1 Å². The van der Waals surface area contributed by atoms with Gasteiger partial charge in [0.25, 0.3) is 5.91 Å². The van der Waals surface area contributed by atoms with Crippen molar-refractivity contribution < 1.29 is 14.3 Å². The monoisotopic (exact) mass is 557 g/mol. The Morgan fingerprint density at radius 2 is 0.923 bits per heavy atom. The highest BCUT2D eigenvalue weighted by Gasteiger charge is 2.08. The first-order valence-electron chi connectivity index (χ1n) is 11.9. The first-order valence-corrected chi connectivity index (χ1v) is 12.7. The zero-order valence-electron chi connectivity index (χ0n) is 21.3. The molecule has 0 radical (unpaired) electrons. The van der Waals surface area contributed by atoms with Crippen molar-refractivity contribution >= 4 is 69.0 Å². The molecule has 1 amide bonds. The van der Waals surface area contributed by atoms with Crippen LogP contribution in [-0.2, 0) is 0 Å². The minimum atomic E-state index is -0.227. The van der Waals surface area contributed by atoms with Crippen LogP contribution < -0.4 is 36.1 Å². The third-order valence-corrected chi connectivity index (χ3v) is 5.87. The number of benzene rings is 4. The summed E-state index contributed by atoms with van der Waals surface area (Å²) in [6, 6.07) is 29.2. The third-order valence-electron chi connectivity index (χ3n) is 5.46. The van der Waals surface area contributed by atoms with E-state index >= 15 is 0 Å². The van der Waals surface area contributed by atoms with Crippen molar-refractivity contribution in [2.45, 2.75) is 0 Å². The molecule has 0 aromatic heterocycles. The molecule has 8 nitrogen and oxygen atoms in total. The Kier molecular flexibility index (Phi) is 9.28. The molecule has 5 N–H and O–H groups in total. The van der Waals surface area contributed by atoms with Gasteiger partial charge < -0.3 is 36.1 Å². The van der Waals surface area contributed by atoms with E-state index in [1.807, 2.05) is 60.7 Å². The Balaban J connectivity index is 1.27. The van der Waals surface area contributed by atoms with Crippen molar-refractivity contribution in [3.8, 4) is 11.5 Å². The van der Waals surface area contributed by atoms with Crippen molar-refractivity contribution in [1.82, 2.24) is 0 Å². The Hall–Kier alpha value is -4.67. The second kappa shape index (κ2) is 13.2. The second-order valence-electron chi connectivity index (χ2n) is 8.23. The van der Waals surface area contributed by atoms with E-state index in [9.17, 15) is 4.79 Å². The van der Waals surface area contributed by atoms with E-state index in [1.165, 1.54) is 0 Å². The minimum absolute atomic E-state index is 0.227. The van der Waals surface area contributed by atoms with E-state index in [0.29, 0.717) is 21.5 Å². The largest absolute Gasteiger partial charge is 0.497 e. The zero-order valence-corrected chi connectivity index (χ0v) is 22.9. The highest BCUT2D eigenvalue weighted by molar-refractivity contribution is 7.81. The normalized spacial score (nSPS) is 10.1. The number of methoxy groups -OCH3 is 2. The van der Waals surface area contributed by atoms with Gasteiger partial charge in [-0.2, -0.15) is 0 Å². The number of hydrogen-bond acceptors (Lipinski definition) is 5. The fraction of sp³-hybridized carbons (Fsp3) is 0.0690. The summed E-state index contributed by atoms with van der Waals surface area (Å²) < 4.78 is 10.5. The maximum Gasteiger partial charge on any atom is 0.255 e. The number of amides is 1. The molecule has 0 aliphatic carbocycles. The van der Waals surface area contributed by atoms with Crippen LogP contribution in [0.25, 0.3) is 0 Å². The third kappa shape index (κ3) is 8.16. The van der Waals surface area contributed by atoms with Crippen LogP contribution in [-0.4, -0.2) is 30.4 Å². The molecule has 4 aromatic carbocycles. The number of thiocarbonyl (C=S) groups is 2. The second-order valence-corrected chi connectivity index (χ2v) is 9.05. The molecule has 0 saturated heterocycles. The summed E-state index contributed by atoms with van der Waals surface area (Å²) in [5, 5.41) is 16.2. The molecule has 0 unspecified atom stereocenters. The molecule has 0 spiro atoms. The maximum absolute atomic E-state index is 12.7. The number of carbonyl (C=O) groups excluding carboxylic acids is 1. The SMILES string of the molecule is COc1cccc(NC(=S)Nc2ccc(NC(=O)c3ccc(NC(=S)Nc4cccc(OC)c4)cc3)cc2)c1. The molecule has 39 heavy (non-hydrogen) atoms. The lowest BCUT2D eigenvalue weighted by Gasteiger charge is -2.13. The van der Waals surface area contributed by atoms with Gasteiger partial charge in [0.1, 0.15) is 11.5 Å². The average molecular weight is 558 g/mol. The van der Waals surface area contributed by atoms with Crippen LogP contribution in [0.1, 0.15) is 10.4 Å². The van der Waals surface area contributed by atoms with Crippen molar-refractivity contribution in [3.63, 3.8) is 0 Å². The van der Waals surface area contributed by atoms with E-state index in [0.717, 1.165) is 34.2 Å². The summed E-state index contributed by atoms with van der Waals surface area (Å²) in [6.07, 6.45) is 0. The van der Waals surface area contributed by atoms with Crippen LogP contribution in [0, 0.1) is 0 Å². The van der Waals surface area contributed by atoms with Crippen LogP contribution >= 0.6 is 24.4 Å². The lowest BCUT2D eigenvalue weighted by Crippen LogP contribution is -2.19. The first kappa shape index (κ1) is 27.4. The molecule has 4 aromatic rings. The highest BCUT2D eigenvalue weighted by Crippen LogP contribution is 2.20. The van der Waals surface area contributed by atoms with Crippen LogP contribution in [0.4, 0.5) is 28.4 Å². The Labute approximate surface area is 237 Å². The van der Waals surface area contributed by atoms with Gasteiger partial charge in [0.05, 0.1) is 14.2 Å². The molecular weight excluding hydrogens is 530 g/mol. The average Bonchev–Trinajstić information content (AvgIpc) is 2.94. The summed E-state index contributed by atoms with van der Waals surface area (Å²) in [5.74, 6) is 1.24. The summed E-state index contributed by atoms with van der Waals surface area (Å²) in [6.45, 7) is 0. The molecule has 0 heterocycles. The molecule has 0 aliphatic rings. The molecule has 0 bridgehead atoms. The quantitative estimate of drug-likeness (QED) is 0.154. The van der Waals surface area contributed by atoms with Crippen molar-refractivity contribution in [1.29, 1.82) is 0 Å². The number of carbonyl (C=O) groups is 1. The number of anilines is 5. The van der Waals surface area contributed by atoms with Crippen LogP contribution in [0.2, 0.25) is 0 Å². The smallest absolute Gasteiger partial charge is 0.255 e. The molecular formula is C29H27N5O3S2. The topological polar surface area (TPSA) is 95.7 Å². The molecule has 10 heteroatoms. The summed E-state index contributed by atoms with van der Waals surface area (Å²) in [7, 11) is 3.22. The highest BCUT2D eigenvalue weighted by atomic mass is 32.1. The summed E-state index contributed by atoms with van der Waals surface area (Å²) in [4.78, 5) is 12.7. The van der Waals surface area contributed by atoms with Gasteiger partial charge in [0.2, 0.25) is 0 Å². The predicted molar refractivity (Wildman–Crippen MR) is 167 cm³/mol. The molecule has 0 fully saturated rings. The number of nitrogens with one attached hydrogen (secondary N) is 5. The van der Waals surface area contributed by atoms with Crippen molar-refractivity contribution in [3.05, 3.63) is 103 Å². The van der Waals surface area contributed by atoms with Gasteiger partial charge in [0, 0.05) is 46.1 Å². The van der Waals surface area contributed by atoms with Gasteiger partial charge in [-0.25, -0.2) is 0 Å². The fourth-order valence-corrected chi connectivity index (χ4v) is 4.01. The van der Waals surface area contributed by atoms with Gasteiger partial charge in [-0.05, 0) is 97.2 Å². The lowest BCUT2D eigenvalue weighted by molar-refractivity contribution is 0.102. The van der Waals surface area contributed by atoms with Gasteiger partial charge >= 0.3 is 0 Å². The maximum atomic E-state index is 12.7. The zero-order chi connectivity index (χ0) is 27.6. The Bertz CT molecular complexity index is 1460. The fourth-order valence-electron chi connectivity index (χ4n) is 3.53. The molecule has 0 saturated carbocycles. The van der Waals surface area contributed by atoms with E-state index in [-0.39, 0.29) is 5.91 Å². The molecule has 4 rings (SSSR count). The Morgan fingerprint density at radius 3 is 1.36 bits per heavy atom. The summed E-state index contributed by atoms with van der Waals surface area (Å²) >= 11 is 10.8. The number of ether oxygens (including phenoxy) is 2. The number of rotatable bonds is 8. The summed E-state index contributed by atoms with van der Waals surface area (Å²) in [5.41, 5.74) is 4.32. The van der Waals surface area contributed by atoms with Gasteiger partial charge in [0.15, 0.2) is 10.2 Å². The predicted octanol–water partition coefficient (Wildman–Crippen LogP) is 6.57. The van der Waals surface area contributed by atoms with E-state index < -0.39 is 0 Å². The van der Waals surface area contributed by atoms with Crippen molar-refractivity contribution in [2.24, 2.45) is 0 Å². The van der Waals surface area contributed by atoms with Crippen LogP contribution in [0.5, 0.6) is 11.5 Å². The van der Waals surface area contributed by atoms with Crippen LogP contribution in [0.3, 0.4) is 0 Å². The first-order chi connectivity index (χ1) is 18.9. The standard InChI is InChI=1S/C29H27N5O3S2/c1-36-25-7-3-5-23(17-25)33-28(38)31-21-11-9-19(10-12-21)27(35)30-20-13-15-22(16-14-20)32-29(39)34-24-6-4-8-26(18-24)37-2/h3-18H,1-2H3,(H,30,35)(H2,31,33,38)(H2,32,34,39). The van der Waals surface area contributed by atoms with E-state index in [4.69, 9.17) is 33.9 Å². The molecule has 0 atom stereocenters.